The van der Waals surface area contributed by atoms with Crippen LogP contribution in [0, 0.1) is 0 Å². The van der Waals surface area contributed by atoms with Crippen LogP contribution in [-0.4, -0.2) is 12.6 Å². The van der Waals surface area contributed by atoms with Crippen molar-refractivity contribution in [3.63, 3.8) is 0 Å². The molecule has 0 aromatic heterocycles. The summed E-state index contributed by atoms with van der Waals surface area (Å²) in [5.74, 6) is 0. The van der Waals surface area contributed by atoms with Gasteiger partial charge in [-0.15, -0.1) is 0 Å². The lowest BCUT2D eigenvalue weighted by molar-refractivity contribution is 0.600. The van der Waals surface area contributed by atoms with Gasteiger partial charge in [0.2, 0.25) is 0 Å². The summed E-state index contributed by atoms with van der Waals surface area (Å²) in [4.78, 5) is 0. The van der Waals surface area contributed by atoms with Crippen LogP contribution in [0.1, 0.15) is 33.6 Å². The van der Waals surface area contributed by atoms with Gasteiger partial charge in [0.15, 0.2) is 0 Å². The van der Waals surface area contributed by atoms with E-state index in [0.29, 0.717) is 6.04 Å². The van der Waals surface area contributed by atoms with E-state index in [1.807, 2.05) is 0 Å². The maximum absolute atomic E-state index is 3.40. The van der Waals surface area contributed by atoms with Crippen LogP contribution < -0.4 is 5.32 Å². The maximum atomic E-state index is 3.40. The summed E-state index contributed by atoms with van der Waals surface area (Å²) in [7, 11) is 0. The third kappa shape index (κ3) is 5.83. The first-order valence-electron chi connectivity index (χ1n) is 4.17. The van der Waals surface area contributed by atoms with Crippen molar-refractivity contribution in [3.8, 4) is 0 Å². The summed E-state index contributed by atoms with van der Waals surface area (Å²) in [6, 6.07) is 0.538. The smallest absolute Gasteiger partial charge is 0.0221 e. The number of nitrogens with one attached hydrogen (secondary N) is 1. The third-order valence-corrected chi connectivity index (χ3v) is 1.48. The average molecular weight is 141 g/mol. The minimum absolute atomic E-state index is 0.538. The molecular formula is C9H19N. The number of hydrogen-bond acceptors (Lipinski definition) is 1. The second kappa shape index (κ2) is 6.81. The van der Waals surface area contributed by atoms with Gasteiger partial charge in [-0.25, -0.2) is 0 Å². The van der Waals surface area contributed by atoms with E-state index in [1.54, 1.807) is 0 Å². The topological polar surface area (TPSA) is 12.0 Å². The van der Waals surface area contributed by atoms with Crippen molar-refractivity contribution in [3.05, 3.63) is 12.2 Å². The van der Waals surface area contributed by atoms with Gasteiger partial charge in [0.25, 0.3) is 0 Å². The lowest BCUT2D eigenvalue weighted by atomic mass is 10.3. The Morgan fingerprint density at radius 3 is 2.70 bits per heavy atom. The average Bonchev–Trinajstić information content (AvgIpc) is 1.89. The zero-order valence-electron chi connectivity index (χ0n) is 7.35. The van der Waals surface area contributed by atoms with Crippen molar-refractivity contribution < 1.29 is 0 Å². The number of allylic oxidation sites excluding steroid dienone is 1. The summed E-state index contributed by atoms with van der Waals surface area (Å²) >= 11 is 0. The highest BCUT2D eigenvalue weighted by atomic mass is 14.9. The SMILES string of the molecule is C/C=C/C(C)NCCCC. The zero-order chi connectivity index (χ0) is 7.82. The fourth-order valence-electron chi connectivity index (χ4n) is 0.863. The number of unbranched alkanes of at least 4 members (excludes halogenated alkanes) is 1. The molecule has 1 atom stereocenters. The molecule has 1 nitrogen and oxygen atoms in total. The van der Waals surface area contributed by atoms with Crippen molar-refractivity contribution in [1.29, 1.82) is 0 Å². The van der Waals surface area contributed by atoms with E-state index in [4.69, 9.17) is 0 Å². The second-order valence-corrected chi connectivity index (χ2v) is 2.62. The summed E-state index contributed by atoms with van der Waals surface area (Å²) in [6.45, 7) is 7.58. The molecule has 0 aliphatic rings. The molecular weight excluding hydrogens is 122 g/mol. The molecule has 0 bridgehead atoms. The molecule has 60 valence electrons. The highest BCUT2D eigenvalue weighted by Crippen LogP contribution is 1.87. The van der Waals surface area contributed by atoms with Crippen molar-refractivity contribution in [2.24, 2.45) is 0 Å². The highest BCUT2D eigenvalue weighted by molar-refractivity contribution is 4.87. The predicted molar refractivity (Wildman–Crippen MR) is 47.2 cm³/mol. The lowest BCUT2D eigenvalue weighted by Gasteiger charge is -2.07. The fraction of sp³-hybridized carbons (Fsp3) is 0.778. The van der Waals surface area contributed by atoms with Crippen LogP contribution in [0.15, 0.2) is 12.2 Å². The molecule has 1 unspecified atom stereocenters. The lowest BCUT2D eigenvalue weighted by Crippen LogP contribution is -2.24. The van der Waals surface area contributed by atoms with Gasteiger partial charge in [-0.05, 0) is 26.8 Å². The number of hydrogen-bond donors (Lipinski definition) is 1. The third-order valence-electron chi connectivity index (χ3n) is 1.48. The molecule has 0 spiro atoms. The van der Waals surface area contributed by atoms with E-state index >= 15 is 0 Å². The first-order valence-corrected chi connectivity index (χ1v) is 4.17. The molecule has 0 aliphatic heterocycles. The van der Waals surface area contributed by atoms with E-state index in [0.717, 1.165) is 6.54 Å². The van der Waals surface area contributed by atoms with Crippen LogP contribution in [0.5, 0.6) is 0 Å². The van der Waals surface area contributed by atoms with Gasteiger partial charge >= 0.3 is 0 Å². The van der Waals surface area contributed by atoms with E-state index in [9.17, 15) is 0 Å². The Morgan fingerprint density at radius 1 is 1.50 bits per heavy atom. The summed E-state index contributed by atoms with van der Waals surface area (Å²) in [5, 5.41) is 3.40. The van der Waals surface area contributed by atoms with Crippen LogP contribution in [0.4, 0.5) is 0 Å². The normalized spacial score (nSPS) is 14.3. The standard InChI is InChI=1S/C9H19N/c1-4-6-8-10-9(3)7-5-2/h5,7,9-10H,4,6,8H2,1-3H3/b7-5+. The Balaban J connectivity index is 3.13. The molecule has 1 heteroatoms. The van der Waals surface area contributed by atoms with E-state index in [1.165, 1.54) is 12.8 Å². The fourth-order valence-corrected chi connectivity index (χ4v) is 0.863. The predicted octanol–water partition coefficient (Wildman–Crippen LogP) is 2.34. The van der Waals surface area contributed by atoms with Gasteiger partial charge in [-0.2, -0.15) is 0 Å². The summed E-state index contributed by atoms with van der Waals surface area (Å²) in [6.07, 6.45) is 6.82. The largest absolute Gasteiger partial charge is 0.311 e. The van der Waals surface area contributed by atoms with E-state index < -0.39 is 0 Å². The Morgan fingerprint density at radius 2 is 2.20 bits per heavy atom. The first kappa shape index (κ1) is 9.70. The molecule has 0 fully saturated rings. The molecule has 10 heavy (non-hydrogen) atoms. The van der Waals surface area contributed by atoms with Gasteiger partial charge in [-0.3, -0.25) is 0 Å². The second-order valence-electron chi connectivity index (χ2n) is 2.62. The highest BCUT2D eigenvalue weighted by Gasteiger charge is 1.91. The van der Waals surface area contributed by atoms with Gasteiger partial charge in [0, 0.05) is 6.04 Å². The molecule has 0 rings (SSSR count). The number of rotatable bonds is 5. The first-order chi connectivity index (χ1) is 4.81. The molecule has 0 aromatic carbocycles. The van der Waals surface area contributed by atoms with Gasteiger partial charge < -0.3 is 5.32 Å². The van der Waals surface area contributed by atoms with Crippen LogP contribution in [-0.2, 0) is 0 Å². The molecule has 0 radical (unpaired) electrons. The maximum Gasteiger partial charge on any atom is 0.0221 e. The Kier molecular flexibility index (Phi) is 6.61. The monoisotopic (exact) mass is 141 g/mol. The summed E-state index contributed by atoms with van der Waals surface area (Å²) < 4.78 is 0. The minimum atomic E-state index is 0.538. The van der Waals surface area contributed by atoms with E-state index in [2.05, 4.69) is 38.2 Å². The molecule has 0 aliphatic carbocycles. The van der Waals surface area contributed by atoms with Crippen LogP contribution in [0.3, 0.4) is 0 Å². The minimum Gasteiger partial charge on any atom is -0.311 e. The molecule has 1 N–H and O–H groups in total. The molecule has 0 aromatic rings. The van der Waals surface area contributed by atoms with E-state index in [-0.39, 0.29) is 0 Å². The van der Waals surface area contributed by atoms with Gasteiger partial charge in [0.1, 0.15) is 0 Å². The quantitative estimate of drug-likeness (QED) is 0.458. The Bertz CT molecular complexity index is 86.7. The Hall–Kier alpha value is -0.300. The molecule has 0 heterocycles. The zero-order valence-corrected chi connectivity index (χ0v) is 7.35. The van der Waals surface area contributed by atoms with Crippen LogP contribution in [0.2, 0.25) is 0 Å². The molecule has 0 amide bonds. The van der Waals surface area contributed by atoms with Crippen molar-refractivity contribution >= 4 is 0 Å². The van der Waals surface area contributed by atoms with Gasteiger partial charge in [-0.1, -0.05) is 25.5 Å². The van der Waals surface area contributed by atoms with Crippen LogP contribution in [0.25, 0.3) is 0 Å². The Labute approximate surface area is 64.5 Å². The molecule has 0 saturated carbocycles. The molecule has 0 saturated heterocycles. The summed E-state index contributed by atoms with van der Waals surface area (Å²) in [5.41, 5.74) is 0. The van der Waals surface area contributed by atoms with Gasteiger partial charge in [0.05, 0.1) is 0 Å². The van der Waals surface area contributed by atoms with Crippen molar-refractivity contribution in [1.82, 2.24) is 5.32 Å². The van der Waals surface area contributed by atoms with Crippen molar-refractivity contribution in [2.75, 3.05) is 6.54 Å². The van der Waals surface area contributed by atoms with Crippen molar-refractivity contribution in [2.45, 2.75) is 39.7 Å². The van der Waals surface area contributed by atoms with Crippen LogP contribution >= 0.6 is 0 Å².